The fourth-order valence-electron chi connectivity index (χ4n) is 4.19. The van der Waals surface area contributed by atoms with Crippen LogP contribution in [0.2, 0.25) is 0 Å². The molecule has 4 rings (SSSR count). The van der Waals surface area contributed by atoms with E-state index in [1.165, 1.54) is 16.7 Å². The fourth-order valence-corrected chi connectivity index (χ4v) is 4.19. The molecular weight excluding hydrogens is 384 g/mol. The van der Waals surface area contributed by atoms with Crippen LogP contribution in [0.3, 0.4) is 0 Å². The van der Waals surface area contributed by atoms with E-state index in [2.05, 4.69) is 35.6 Å². The van der Waals surface area contributed by atoms with Crippen molar-refractivity contribution in [1.82, 2.24) is 10.2 Å². The molecule has 3 aromatic rings. The van der Waals surface area contributed by atoms with E-state index in [0.717, 1.165) is 17.5 Å². The molecule has 31 heavy (non-hydrogen) atoms. The summed E-state index contributed by atoms with van der Waals surface area (Å²) in [4.78, 5) is 27.4. The smallest absolute Gasteiger partial charge is 0.223 e. The molecule has 0 saturated carbocycles. The molecule has 4 nitrogen and oxygen atoms in total. The standard InChI is InChI=1S/C27H28N2O2/c1-20-11-13-21(14-12-20)19-28-25(30)15-16-26(31)29-18-17-22-7-5-6-10-24(22)27(29)23-8-3-2-4-9-23/h2-14,27H,15-19H2,1H3,(H,28,30)/t27-/m1/s1. The lowest BCUT2D eigenvalue weighted by Gasteiger charge is -2.38. The third-order valence-corrected chi connectivity index (χ3v) is 5.90. The first-order valence-electron chi connectivity index (χ1n) is 10.9. The highest BCUT2D eigenvalue weighted by molar-refractivity contribution is 5.84. The van der Waals surface area contributed by atoms with Crippen LogP contribution in [0, 0.1) is 6.92 Å². The highest BCUT2D eigenvalue weighted by atomic mass is 16.2. The molecule has 2 amide bonds. The van der Waals surface area contributed by atoms with Crippen molar-refractivity contribution < 1.29 is 9.59 Å². The lowest BCUT2D eigenvalue weighted by Crippen LogP contribution is -2.41. The number of rotatable bonds is 6. The van der Waals surface area contributed by atoms with Gasteiger partial charge in [-0.05, 0) is 35.6 Å². The van der Waals surface area contributed by atoms with Crippen LogP contribution in [-0.4, -0.2) is 23.3 Å². The number of benzene rings is 3. The van der Waals surface area contributed by atoms with E-state index in [0.29, 0.717) is 13.1 Å². The molecule has 0 aromatic heterocycles. The van der Waals surface area contributed by atoms with Gasteiger partial charge in [0.1, 0.15) is 0 Å². The third kappa shape index (κ3) is 5.02. The largest absolute Gasteiger partial charge is 0.352 e. The van der Waals surface area contributed by atoms with Gasteiger partial charge in [-0.2, -0.15) is 0 Å². The van der Waals surface area contributed by atoms with E-state index < -0.39 is 0 Å². The zero-order valence-corrected chi connectivity index (χ0v) is 17.9. The van der Waals surface area contributed by atoms with Gasteiger partial charge in [-0.1, -0.05) is 84.4 Å². The number of amides is 2. The highest BCUT2D eigenvalue weighted by Crippen LogP contribution is 2.35. The SMILES string of the molecule is Cc1ccc(CNC(=O)CCC(=O)N2CCc3ccccc3[C@H]2c2ccccc2)cc1. The van der Waals surface area contributed by atoms with Crippen LogP contribution in [0.4, 0.5) is 0 Å². The first-order valence-corrected chi connectivity index (χ1v) is 10.9. The molecule has 1 atom stereocenters. The van der Waals surface area contributed by atoms with Crippen molar-refractivity contribution in [3.8, 4) is 0 Å². The van der Waals surface area contributed by atoms with Gasteiger partial charge in [-0.3, -0.25) is 9.59 Å². The molecule has 158 valence electrons. The molecule has 3 aromatic carbocycles. The van der Waals surface area contributed by atoms with Gasteiger partial charge in [0.05, 0.1) is 6.04 Å². The lowest BCUT2D eigenvalue weighted by atomic mass is 9.88. The molecule has 4 heteroatoms. The Kier molecular flexibility index (Phi) is 6.46. The lowest BCUT2D eigenvalue weighted by molar-refractivity contribution is -0.135. The van der Waals surface area contributed by atoms with Gasteiger partial charge in [0.25, 0.3) is 0 Å². The van der Waals surface area contributed by atoms with Crippen molar-refractivity contribution in [2.45, 2.75) is 38.8 Å². The van der Waals surface area contributed by atoms with Crippen molar-refractivity contribution >= 4 is 11.8 Å². The molecule has 1 heterocycles. The molecule has 0 fully saturated rings. The van der Waals surface area contributed by atoms with Crippen LogP contribution in [0.1, 0.15) is 46.7 Å². The number of nitrogens with zero attached hydrogens (tertiary/aromatic N) is 1. The van der Waals surface area contributed by atoms with Crippen molar-refractivity contribution in [3.63, 3.8) is 0 Å². The number of hydrogen-bond acceptors (Lipinski definition) is 2. The summed E-state index contributed by atoms with van der Waals surface area (Å²) >= 11 is 0. The maximum Gasteiger partial charge on any atom is 0.223 e. The monoisotopic (exact) mass is 412 g/mol. The van der Waals surface area contributed by atoms with Crippen LogP contribution in [0.25, 0.3) is 0 Å². The summed E-state index contributed by atoms with van der Waals surface area (Å²) in [6.45, 7) is 3.19. The molecule has 0 bridgehead atoms. The number of nitrogens with one attached hydrogen (secondary N) is 1. The topological polar surface area (TPSA) is 49.4 Å². The van der Waals surface area contributed by atoms with Gasteiger partial charge in [0, 0.05) is 25.9 Å². The van der Waals surface area contributed by atoms with E-state index in [9.17, 15) is 9.59 Å². The second-order valence-electron chi connectivity index (χ2n) is 8.11. The maximum atomic E-state index is 13.2. The van der Waals surface area contributed by atoms with Crippen molar-refractivity contribution in [2.24, 2.45) is 0 Å². The molecule has 0 unspecified atom stereocenters. The van der Waals surface area contributed by atoms with Crippen LogP contribution in [0.5, 0.6) is 0 Å². The predicted octanol–water partition coefficient (Wildman–Crippen LogP) is 4.57. The molecule has 0 spiro atoms. The maximum absolute atomic E-state index is 13.2. The van der Waals surface area contributed by atoms with E-state index in [4.69, 9.17) is 0 Å². The molecule has 0 aliphatic carbocycles. The number of aryl methyl sites for hydroxylation is 1. The fraction of sp³-hybridized carbons (Fsp3) is 0.259. The molecule has 1 aliphatic heterocycles. The summed E-state index contributed by atoms with van der Waals surface area (Å²) < 4.78 is 0. The van der Waals surface area contributed by atoms with Gasteiger partial charge in [-0.25, -0.2) is 0 Å². The summed E-state index contributed by atoms with van der Waals surface area (Å²) in [6, 6.07) is 26.5. The normalized spacial score (nSPS) is 15.3. The Morgan fingerprint density at radius 3 is 2.39 bits per heavy atom. The Labute approximate surface area is 183 Å². The Morgan fingerprint density at radius 2 is 1.61 bits per heavy atom. The molecular formula is C27H28N2O2. The Balaban J connectivity index is 1.41. The second-order valence-corrected chi connectivity index (χ2v) is 8.11. The number of hydrogen-bond donors (Lipinski definition) is 1. The summed E-state index contributed by atoms with van der Waals surface area (Å²) in [5.41, 5.74) is 5.82. The highest BCUT2D eigenvalue weighted by Gasteiger charge is 2.31. The average Bonchev–Trinajstić information content (AvgIpc) is 2.82. The first kappa shape index (κ1) is 20.9. The summed E-state index contributed by atoms with van der Waals surface area (Å²) in [5.74, 6) is -0.0727. The van der Waals surface area contributed by atoms with E-state index in [1.807, 2.05) is 60.4 Å². The van der Waals surface area contributed by atoms with Gasteiger partial charge >= 0.3 is 0 Å². The molecule has 0 radical (unpaired) electrons. The Hall–Kier alpha value is -3.40. The minimum atomic E-state index is -0.103. The van der Waals surface area contributed by atoms with Gasteiger partial charge in [0.15, 0.2) is 0 Å². The van der Waals surface area contributed by atoms with Gasteiger partial charge in [-0.15, -0.1) is 0 Å². The van der Waals surface area contributed by atoms with E-state index in [1.54, 1.807) is 0 Å². The Morgan fingerprint density at radius 1 is 0.903 bits per heavy atom. The molecule has 1 N–H and O–H groups in total. The van der Waals surface area contributed by atoms with E-state index >= 15 is 0 Å². The minimum absolute atomic E-state index is 0.0221. The van der Waals surface area contributed by atoms with Crippen LogP contribution >= 0.6 is 0 Å². The minimum Gasteiger partial charge on any atom is -0.352 e. The number of carbonyl (C=O) groups excluding carboxylic acids is 2. The predicted molar refractivity (Wildman–Crippen MR) is 122 cm³/mol. The van der Waals surface area contributed by atoms with Gasteiger partial charge < -0.3 is 10.2 Å². The number of fused-ring (bicyclic) bond motifs is 1. The zero-order valence-electron chi connectivity index (χ0n) is 17.9. The second kappa shape index (κ2) is 9.61. The van der Waals surface area contributed by atoms with Crippen molar-refractivity contribution in [1.29, 1.82) is 0 Å². The van der Waals surface area contributed by atoms with Crippen LogP contribution in [-0.2, 0) is 22.6 Å². The van der Waals surface area contributed by atoms with Crippen molar-refractivity contribution in [2.75, 3.05) is 6.54 Å². The molecule has 1 aliphatic rings. The average molecular weight is 413 g/mol. The van der Waals surface area contributed by atoms with Crippen LogP contribution < -0.4 is 5.32 Å². The molecule has 0 saturated heterocycles. The van der Waals surface area contributed by atoms with Gasteiger partial charge in [0.2, 0.25) is 11.8 Å². The number of carbonyl (C=O) groups is 2. The summed E-state index contributed by atoms with van der Waals surface area (Å²) in [5, 5.41) is 2.93. The van der Waals surface area contributed by atoms with Crippen LogP contribution in [0.15, 0.2) is 78.9 Å². The summed E-state index contributed by atoms with van der Waals surface area (Å²) in [7, 11) is 0. The third-order valence-electron chi connectivity index (χ3n) is 5.90. The van der Waals surface area contributed by atoms with Crippen molar-refractivity contribution in [3.05, 3.63) is 107 Å². The summed E-state index contributed by atoms with van der Waals surface area (Å²) in [6.07, 6.45) is 1.25. The Bertz CT molecular complexity index is 1040. The van der Waals surface area contributed by atoms with E-state index in [-0.39, 0.29) is 30.7 Å². The zero-order chi connectivity index (χ0) is 21.6. The first-order chi connectivity index (χ1) is 15.1. The quantitative estimate of drug-likeness (QED) is 0.645.